The Morgan fingerprint density at radius 2 is 1.85 bits per heavy atom. The third-order valence-corrected chi connectivity index (χ3v) is 9.08. The standard InChI is InChI=1S/C34H39ClFN5O5/c35-29-19-28-32(31(36)30(29)27-18-24(44)17-22-3-1-2-4-26(22)27)38-33(39-34(28)41-11-7-37-8-12-41)23(21-43)20-40-9-5-25(6-10-40)46-16-15-45-14-13-42/h1-4,13,17-19,23,25,37,43-44H,5-12,14-16,20-21H2/t23-/m0/s1. The zero-order valence-corrected chi connectivity index (χ0v) is 26.4. The Labute approximate surface area is 272 Å². The molecule has 4 aromatic rings. The number of piperazine rings is 1. The number of hydrogen-bond acceptors (Lipinski definition) is 10. The maximum atomic E-state index is 16.8. The molecule has 3 aromatic carbocycles. The van der Waals surface area contributed by atoms with Gasteiger partial charge in [0.2, 0.25) is 0 Å². The van der Waals surface area contributed by atoms with Crippen molar-refractivity contribution in [2.45, 2.75) is 24.9 Å². The number of aliphatic hydroxyl groups is 1. The molecule has 46 heavy (non-hydrogen) atoms. The molecular weight excluding hydrogens is 613 g/mol. The zero-order valence-electron chi connectivity index (χ0n) is 25.6. The molecule has 0 spiro atoms. The minimum atomic E-state index is -0.593. The summed E-state index contributed by atoms with van der Waals surface area (Å²) in [5.74, 6) is -0.0560. The summed E-state index contributed by atoms with van der Waals surface area (Å²) in [6.07, 6.45) is 2.47. The maximum Gasteiger partial charge on any atom is 0.158 e. The largest absolute Gasteiger partial charge is 0.508 e. The Balaban J connectivity index is 1.33. The lowest BCUT2D eigenvalue weighted by Crippen LogP contribution is -2.44. The van der Waals surface area contributed by atoms with Gasteiger partial charge in [0.1, 0.15) is 35.8 Å². The van der Waals surface area contributed by atoms with Crippen LogP contribution in [0.5, 0.6) is 5.75 Å². The smallest absolute Gasteiger partial charge is 0.158 e. The van der Waals surface area contributed by atoms with Crippen molar-refractivity contribution in [3.63, 3.8) is 0 Å². The maximum absolute atomic E-state index is 16.8. The van der Waals surface area contributed by atoms with Gasteiger partial charge in [0.25, 0.3) is 0 Å². The summed E-state index contributed by atoms with van der Waals surface area (Å²) < 4.78 is 27.9. The first-order chi connectivity index (χ1) is 22.5. The van der Waals surface area contributed by atoms with Crippen molar-refractivity contribution in [1.29, 1.82) is 0 Å². The minimum absolute atomic E-state index is 0.00916. The zero-order chi connectivity index (χ0) is 32.0. The van der Waals surface area contributed by atoms with Gasteiger partial charge in [-0.05, 0) is 47.4 Å². The first-order valence-corrected chi connectivity index (χ1v) is 16.2. The number of nitrogens with zero attached hydrogens (tertiary/aromatic N) is 4. The highest BCUT2D eigenvalue weighted by Crippen LogP contribution is 2.42. The van der Waals surface area contributed by atoms with Crippen molar-refractivity contribution in [3.8, 4) is 16.9 Å². The highest BCUT2D eigenvalue weighted by atomic mass is 35.5. The molecule has 0 saturated carbocycles. The Kier molecular flexibility index (Phi) is 10.6. The molecule has 10 nitrogen and oxygen atoms in total. The number of phenols is 1. The second kappa shape index (κ2) is 15.0. The van der Waals surface area contributed by atoms with Gasteiger partial charge in [0.15, 0.2) is 5.82 Å². The molecule has 0 radical (unpaired) electrons. The van der Waals surface area contributed by atoms with E-state index in [1.54, 1.807) is 12.1 Å². The SMILES string of the molecule is O=CCOCCOC1CCN(C[C@@H](CO)c2nc(N3CCNCC3)c3cc(Cl)c(-c4cc(O)cc5ccccc45)c(F)c3n2)CC1. The van der Waals surface area contributed by atoms with Gasteiger partial charge in [-0.1, -0.05) is 35.9 Å². The van der Waals surface area contributed by atoms with Crippen molar-refractivity contribution in [3.05, 3.63) is 59.1 Å². The molecule has 0 bridgehead atoms. The molecule has 3 heterocycles. The van der Waals surface area contributed by atoms with E-state index in [2.05, 4.69) is 15.1 Å². The predicted octanol–water partition coefficient (Wildman–Crippen LogP) is 4.13. The number of phenolic OH excluding ortho intramolecular Hbond substituents is 1. The van der Waals surface area contributed by atoms with Crippen LogP contribution in [-0.4, -0.2) is 110 Å². The number of aromatic hydroxyl groups is 1. The molecule has 3 N–H and O–H groups in total. The second-order valence-electron chi connectivity index (χ2n) is 11.8. The van der Waals surface area contributed by atoms with Crippen molar-refractivity contribution < 1.29 is 28.9 Å². The molecule has 244 valence electrons. The van der Waals surface area contributed by atoms with Crippen LogP contribution in [0.3, 0.4) is 0 Å². The van der Waals surface area contributed by atoms with Gasteiger partial charge in [-0.15, -0.1) is 0 Å². The molecule has 0 unspecified atom stereocenters. The van der Waals surface area contributed by atoms with Crippen LogP contribution in [0.4, 0.5) is 10.2 Å². The van der Waals surface area contributed by atoms with E-state index in [0.29, 0.717) is 55.4 Å². The Hall–Kier alpha value is -3.45. The Morgan fingerprint density at radius 1 is 1.07 bits per heavy atom. The number of aldehydes is 1. The van der Waals surface area contributed by atoms with Crippen LogP contribution in [0.25, 0.3) is 32.8 Å². The van der Waals surface area contributed by atoms with Gasteiger partial charge in [0, 0.05) is 56.8 Å². The predicted molar refractivity (Wildman–Crippen MR) is 176 cm³/mol. The highest BCUT2D eigenvalue weighted by Gasteiger charge is 2.28. The van der Waals surface area contributed by atoms with E-state index in [9.17, 15) is 15.0 Å². The molecule has 12 heteroatoms. The van der Waals surface area contributed by atoms with Crippen LogP contribution < -0.4 is 10.2 Å². The highest BCUT2D eigenvalue weighted by molar-refractivity contribution is 6.35. The fourth-order valence-electron chi connectivity index (χ4n) is 6.44. The fraction of sp³-hybridized carbons (Fsp3) is 0.441. The summed E-state index contributed by atoms with van der Waals surface area (Å²) in [5, 5.41) is 26.7. The number of carbonyl (C=O) groups excluding carboxylic acids is 1. The molecule has 2 aliphatic heterocycles. The molecule has 0 aliphatic carbocycles. The van der Waals surface area contributed by atoms with E-state index >= 15 is 4.39 Å². The summed E-state index contributed by atoms with van der Waals surface area (Å²) in [7, 11) is 0. The van der Waals surface area contributed by atoms with Crippen molar-refractivity contribution in [2.75, 3.05) is 77.1 Å². The summed E-state index contributed by atoms with van der Waals surface area (Å²) in [4.78, 5) is 24.5. The molecule has 1 aromatic heterocycles. The van der Waals surface area contributed by atoms with E-state index in [0.717, 1.165) is 56.1 Å². The number of anilines is 1. The van der Waals surface area contributed by atoms with Crippen LogP contribution in [0.1, 0.15) is 24.6 Å². The number of aliphatic hydroxyl groups excluding tert-OH is 1. The van der Waals surface area contributed by atoms with Gasteiger partial charge in [0.05, 0.1) is 36.9 Å². The minimum Gasteiger partial charge on any atom is -0.508 e. The van der Waals surface area contributed by atoms with E-state index in [4.69, 9.17) is 31.0 Å². The van der Waals surface area contributed by atoms with E-state index in [1.165, 1.54) is 6.07 Å². The van der Waals surface area contributed by atoms with Crippen molar-refractivity contribution >= 4 is 45.4 Å². The molecule has 6 rings (SSSR count). The average Bonchev–Trinajstić information content (AvgIpc) is 3.08. The molecule has 1 atom stereocenters. The summed E-state index contributed by atoms with van der Waals surface area (Å²) in [6.45, 7) is 5.63. The number of hydrogen-bond donors (Lipinski definition) is 3. The number of rotatable bonds is 12. The van der Waals surface area contributed by atoms with Gasteiger partial charge in [-0.25, -0.2) is 14.4 Å². The Bertz CT molecular complexity index is 1680. The fourth-order valence-corrected chi connectivity index (χ4v) is 6.74. The quantitative estimate of drug-likeness (QED) is 0.152. The lowest BCUT2D eigenvalue weighted by atomic mass is 9.96. The molecule has 2 aliphatic rings. The number of ether oxygens (including phenoxy) is 2. The molecular formula is C34H39ClFN5O5. The lowest BCUT2D eigenvalue weighted by Gasteiger charge is -2.34. The number of halogens is 2. The first kappa shape index (κ1) is 32.5. The van der Waals surface area contributed by atoms with Crippen LogP contribution in [0.15, 0.2) is 42.5 Å². The average molecular weight is 652 g/mol. The van der Waals surface area contributed by atoms with Crippen LogP contribution in [-0.2, 0) is 14.3 Å². The molecule has 0 amide bonds. The number of fused-ring (bicyclic) bond motifs is 2. The van der Waals surface area contributed by atoms with E-state index < -0.39 is 11.7 Å². The topological polar surface area (TPSA) is 120 Å². The third kappa shape index (κ3) is 7.10. The van der Waals surface area contributed by atoms with E-state index in [-0.39, 0.29) is 41.2 Å². The number of piperidine rings is 1. The third-order valence-electron chi connectivity index (χ3n) is 8.78. The van der Waals surface area contributed by atoms with Gasteiger partial charge >= 0.3 is 0 Å². The Morgan fingerprint density at radius 3 is 2.61 bits per heavy atom. The summed E-state index contributed by atoms with van der Waals surface area (Å²) in [6, 6.07) is 12.3. The summed E-state index contributed by atoms with van der Waals surface area (Å²) >= 11 is 6.85. The molecule has 2 saturated heterocycles. The van der Waals surface area contributed by atoms with Crippen LogP contribution >= 0.6 is 11.6 Å². The number of benzene rings is 3. The number of aromatic nitrogens is 2. The van der Waals surface area contributed by atoms with Crippen LogP contribution in [0, 0.1) is 5.82 Å². The van der Waals surface area contributed by atoms with Crippen molar-refractivity contribution in [1.82, 2.24) is 20.2 Å². The monoisotopic (exact) mass is 651 g/mol. The number of likely N-dealkylation sites (tertiary alicyclic amines) is 1. The van der Waals surface area contributed by atoms with Crippen molar-refractivity contribution in [2.24, 2.45) is 0 Å². The molecule has 2 fully saturated rings. The lowest BCUT2D eigenvalue weighted by molar-refractivity contribution is -0.112. The van der Waals surface area contributed by atoms with Gasteiger partial charge in [-0.3, -0.25) is 0 Å². The first-order valence-electron chi connectivity index (χ1n) is 15.8. The van der Waals surface area contributed by atoms with E-state index in [1.807, 2.05) is 24.3 Å². The number of carbonyl (C=O) groups is 1. The number of nitrogens with one attached hydrogen (secondary N) is 1. The van der Waals surface area contributed by atoms with Crippen LogP contribution in [0.2, 0.25) is 5.02 Å². The second-order valence-corrected chi connectivity index (χ2v) is 12.2. The normalized spacial score (nSPS) is 17.2. The van der Waals surface area contributed by atoms with Gasteiger partial charge < -0.3 is 39.6 Å². The van der Waals surface area contributed by atoms with Gasteiger partial charge in [-0.2, -0.15) is 0 Å². The summed E-state index contributed by atoms with van der Waals surface area (Å²) in [5.41, 5.74) is 0.770.